The topological polar surface area (TPSA) is 180 Å². The summed E-state index contributed by atoms with van der Waals surface area (Å²) in [4.78, 5) is 16.7. The lowest BCUT2D eigenvalue weighted by atomic mass is 10.1. The Bertz CT molecular complexity index is 998. The van der Waals surface area contributed by atoms with E-state index >= 15 is 0 Å². The summed E-state index contributed by atoms with van der Waals surface area (Å²) >= 11 is 0. The first-order valence-corrected chi connectivity index (χ1v) is 8.72. The summed E-state index contributed by atoms with van der Waals surface area (Å²) in [6.45, 7) is 12.2. The average molecular weight is 400 g/mol. The highest BCUT2D eigenvalue weighted by atomic mass is 16.1. The second-order valence-corrected chi connectivity index (χ2v) is 8.00. The van der Waals surface area contributed by atoms with Gasteiger partial charge >= 0.3 is 0 Å². The summed E-state index contributed by atoms with van der Waals surface area (Å²) in [5, 5.41) is 17.7. The van der Waals surface area contributed by atoms with Crippen LogP contribution in [0.25, 0.3) is 11.0 Å². The van der Waals surface area contributed by atoms with Crippen molar-refractivity contribution in [2.45, 2.75) is 52.6 Å². The van der Waals surface area contributed by atoms with E-state index in [0.29, 0.717) is 17.2 Å². The second kappa shape index (κ2) is 9.01. The zero-order valence-corrected chi connectivity index (χ0v) is 17.6. The number of rotatable bonds is 0. The van der Waals surface area contributed by atoms with Crippen LogP contribution in [0.15, 0.2) is 18.7 Å². The van der Waals surface area contributed by atoms with Gasteiger partial charge in [-0.3, -0.25) is 4.79 Å². The summed E-state index contributed by atoms with van der Waals surface area (Å²) in [6.07, 6.45) is 4.90. The number of fused-ring (bicyclic) bond motifs is 1. The van der Waals surface area contributed by atoms with Crippen LogP contribution >= 0.6 is 0 Å². The fourth-order valence-electron chi connectivity index (χ4n) is 2.33. The molecule has 0 saturated heterocycles. The van der Waals surface area contributed by atoms with Crippen LogP contribution in [0.5, 0.6) is 0 Å². The van der Waals surface area contributed by atoms with Crippen LogP contribution in [0.4, 0.5) is 11.6 Å². The molecule has 6 N–H and O–H groups in total. The molecular weight excluding hydrogens is 372 g/mol. The van der Waals surface area contributed by atoms with Crippen LogP contribution in [-0.2, 0) is 15.9 Å². The molecular formula is C18H28N10O. The first-order valence-electron chi connectivity index (χ1n) is 8.72. The van der Waals surface area contributed by atoms with E-state index in [9.17, 15) is 0 Å². The highest BCUT2D eigenvalue weighted by Crippen LogP contribution is 2.22. The highest BCUT2D eigenvalue weighted by Gasteiger charge is 2.19. The third kappa shape index (κ3) is 5.65. The molecule has 156 valence electrons. The molecule has 0 bridgehead atoms. The van der Waals surface area contributed by atoms with Gasteiger partial charge in [0.15, 0.2) is 5.65 Å². The molecule has 0 aliphatic heterocycles. The van der Waals surface area contributed by atoms with Crippen LogP contribution in [-0.4, -0.2) is 35.9 Å². The zero-order valence-electron chi connectivity index (χ0n) is 17.6. The fraction of sp³-hybridized carbons (Fsp3) is 0.444. The van der Waals surface area contributed by atoms with E-state index < -0.39 is 0 Å². The third-order valence-electron chi connectivity index (χ3n) is 3.59. The predicted octanol–water partition coefficient (Wildman–Crippen LogP) is 1.36. The minimum atomic E-state index is -0.167. The van der Waals surface area contributed by atoms with Gasteiger partial charge in [-0.05, 0) is 41.5 Å². The number of nitriles is 1. The Morgan fingerprint density at radius 3 is 1.93 bits per heavy atom. The van der Waals surface area contributed by atoms with Crippen LogP contribution in [0.2, 0.25) is 0 Å². The van der Waals surface area contributed by atoms with Gasteiger partial charge in [-0.2, -0.15) is 15.5 Å². The van der Waals surface area contributed by atoms with E-state index in [4.69, 9.17) is 21.5 Å². The van der Waals surface area contributed by atoms with Crippen molar-refractivity contribution in [2.75, 3.05) is 11.5 Å². The molecule has 1 amide bonds. The number of carbonyl (C=O) groups is 1. The molecule has 0 unspecified atom stereocenters. The van der Waals surface area contributed by atoms with Crippen LogP contribution < -0.4 is 17.2 Å². The van der Waals surface area contributed by atoms with E-state index in [2.05, 4.69) is 46.7 Å². The first-order chi connectivity index (χ1) is 13.4. The molecule has 11 nitrogen and oxygen atoms in total. The summed E-state index contributed by atoms with van der Waals surface area (Å²) in [5.41, 5.74) is 16.5. The molecule has 3 heterocycles. The molecule has 0 aliphatic carbocycles. The average Bonchev–Trinajstić information content (AvgIpc) is 3.19. The Hall–Kier alpha value is -3.68. The SMILES string of the molecule is CC(C)(C)n1ncc(C#N)c1N.CC(C)(C)n1ncc2c(N)ncnc21.NC=O. The second-order valence-electron chi connectivity index (χ2n) is 8.00. The zero-order chi connectivity index (χ0) is 22.4. The normalized spacial score (nSPS) is 10.9. The van der Waals surface area contributed by atoms with Gasteiger partial charge in [0.1, 0.15) is 29.6 Å². The molecule has 0 atom stereocenters. The maximum absolute atomic E-state index is 8.61. The highest BCUT2D eigenvalue weighted by molar-refractivity contribution is 5.84. The molecule has 3 aromatic rings. The molecule has 29 heavy (non-hydrogen) atoms. The maximum atomic E-state index is 8.61. The van der Waals surface area contributed by atoms with Crippen molar-refractivity contribution >= 4 is 29.1 Å². The van der Waals surface area contributed by atoms with Crippen LogP contribution in [0.3, 0.4) is 0 Å². The molecule has 0 aromatic carbocycles. The lowest BCUT2D eigenvalue weighted by molar-refractivity contribution is -0.106. The van der Waals surface area contributed by atoms with Gasteiger partial charge < -0.3 is 17.2 Å². The Labute approximate surface area is 169 Å². The number of nitrogen functional groups attached to an aromatic ring is 2. The minimum absolute atomic E-state index is 0.0947. The predicted molar refractivity (Wildman–Crippen MR) is 111 cm³/mol. The van der Waals surface area contributed by atoms with Gasteiger partial charge in [0, 0.05) is 0 Å². The van der Waals surface area contributed by atoms with E-state index in [1.807, 2.05) is 31.5 Å². The minimum Gasteiger partial charge on any atom is -0.383 e. The van der Waals surface area contributed by atoms with E-state index in [-0.39, 0.29) is 17.5 Å². The van der Waals surface area contributed by atoms with Crippen molar-refractivity contribution in [1.29, 1.82) is 5.26 Å². The molecule has 3 rings (SSSR count). The standard InChI is InChI=1S/C9H13N5.C8H12N4.CH3NO/c1-9(2,3)14-8-6(4-13-14)7(10)11-5-12-8;1-8(2,3)12-7(10)6(4-9)5-11-12;2-1-3/h4-5H,1-3H3,(H2,10,11,12);5H,10H2,1-3H3;1H,(H2,2,3). The number of primary amides is 1. The molecule has 0 saturated carbocycles. The fourth-order valence-corrected chi connectivity index (χ4v) is 2.33. The smallest absolute Gasteiger partial charge is 0.204 e. The molecule has 0 spiro atoms. The van der Waals surface area contributed by atoms with E-state index in [1.54, 1.807) is 10.9 Å². The quantitative estimate of drug-likeness (QED) is 0.473. The van der Waals surface area contributed by atoms with Gasteiger partial charge in [-0.1, -0.05) is 0 Å². The van der Waals surface area contributed by atoms with Gasteiger partial charge in [-0.15, -0.1) is 0 Å². The third-order valence-corrected chi connectivity index (χ3v) is 3.59. The van der Waals surface area contributed by atoms with Crippen LogP contribution in [0.1, 0.15) is 47.1 Å². The van der Waals surface area contributed by atoms with Crippen molar-refractivity contribution in [2.24, 2.45) is 5.73 Å². The molecule has 3 aromatic heterocycles. The number of carbonyl (C=O) groups excluding carboxylic acids is 1. The first kappa shape index (κ1) is 23.4. The monoisotopic (exact) mass is 400 g/mol. The van der Waals surface area contributed by atoms with Crippen molar-refractivity contribution in [3.05, 3.63) is 24.3 Å². The van der Waals surface area contributed by atoms with Gasteiger partial charge in [-0.25, -0.2) is 19.3 Å². The van der Waals surface area contributed by atoms with Gasteiger partial charge in [0.2, 0.25) is 6.41 Å². The van der Waals surface area contributed by atoms with Crippen molar-refractivity contribution in [3.63, 3.8) is 0 Å². The summed E-state index contributed by atoms with van der Waals surface area (Å²) in [6, 6.07) is 1.98. The summed E-state index contributed by atoms with van der Waals surface area (Å²) in [5.74, 6) is 0.913. The Balaban J connectivity index is 0.000000259. The Morgan fingerprint density at radius 2 is 1.52 bits per heavy atom. The number of nitrogens with two attached hydrogens (primary N) is 3. The summed E-state index contributed by atoms with van der Waals surface area (Å²) in [7, 11) is 0. The molecule has 0 fully saturated rings. The Morgan fingerprint density at radius 1 is 1.00 bits per heavy atom. The Kier molecular flexibility index (Phi) is 7.25. The number of aromatic nitrogens is 6. The molecule has 11 heteroatoms. The van der Waals surface area contributed by atoms with Crippen LogP contribution in [0, 0.1) is 11.3 Å². The number of amides is 1. The largest absolute Gasteiger partial charge is 0.383 e. The van der Waals surface area contributed by atoms with Crippen molar-refractivity contribution in [1.82, 2.24) is 29.5 Å². The number of anilines is 2. The lowest BCUT2D eigenvalue weighted by Crippen LogP contribution is -2.24. The van der Waals surface area contributed by atoms with Crippen molar-refractivity contribution in [3.8, 4) is 6.07 Å². The number of nitrogens with zero attached hydrogens (tertiary/aromatic N) is 7. The van der Waals surface area contributed by atoms with Gasteiger partial charge in [0.05, 0.1) is 28.9 Å². The van der Waals surface area contributed by atoms with E-state index in [0.717, 1.165) is 11.0 Å². The number of hydrogen-bond acceptors (Lipinski definition) is 8. The molecule has 0 aliphatic rings. The lowest BCUT2D eigenvalue weighted by Gasteiger charge is -2.20. The van der Waals surface area contributed by atoms with Gasteiger partial charge in [0.25, 0.3) is 0 Å². The van der Waals surface area contributed by atoms with E-state index in [1.165, 1.54) is 12.5 Å². The maximum Gasteiger partial charge on any atom is 0.204 e. The summed E-state index contributed by atoms with van der Waals surface area (Å²) < 4.78 is 3.49. The van der Waals surface area contributed by atoms with Crippen molar-refractivity contribution < 1.29 is 4.79 Å². The number of hydrogen-bond donors (Lipinski definition) is 3. The molecule has 0 radical (unpaired) electrons.